The Morgan fingerprint density at radius 3 is 2.55 bits per heavy atom. The zero-order chi connectivity index (χ0) is 27.8. The molecule has 2 aliphatic rings. The van der Waals surface area contributed by atoms with Crippen LogP contribution in [0.1, 0.15) is 41.7 Å². The van der Waals surface area contributed by atoms with Gasteiger partial charge < -0.3 is 4.90 Å². The summed E-state index contributed by atoms with van der Waals surface area (Å²) in [6.07, 6.45) is 1.98. The highest BCUT2D eigenvalue weighted by molar-refractivity contribution is 8.00. The second-order valence-electron chi connectivity index (χ2n) is 10.6. The van der Waals surface area contributed by atoms with Crippen LogP contribution < -0.4 is 4.90 Å². The summed E-state index contributed by atoms with van der Waals surface area (Å²) in [5.74, 6) is 1.40. The maximum absolute atomic E-state index is 13.9. The summed E-state index contributed by atoms with van der Waals surface area (Å²) in [6, 6.07) is 20.0. The van der Waals surface area contributed by atoms with Gasteiger partial charge in [0, 0.05) is 23.7 Å². The van der Waals surface area contributed by atoms with Gasteiger partial charge in [0.15, 0.2) is 0 Å². The summed E-state index contributed by atoms with van der Waals surface area (Å²) in [5.41, 5.74) is 4.74. The fraction of sp³-hybridized carbons (Fsp3) is 0.323. The number of aromatic nitrogens is 2. The number of amides is 2. The van der Waals surface area contributed by atoms with Gasteiger partial charge in [0.25, 0.3) is 0 Å². The summed E-state index contributed by atoms with van der Waals surface area (Å²) in [4.78, 5) is 32.1. The van der Waals surface area contributed by atoms with Crippen LogP contribution in [-0.2, 0) is 9.59 Å². The van der Waals surface area contributed by atoms with E-state index in [2.05, 4.69) is 19.1 Å². The van der Waals surface area contributed by atoms with Crippen LogP contribution in [0.2, 0.25) is 5.02 Å². The van der Waals surface area contributed by atoms with Crippen molar-refractivity contribution in [2.45, 2.75) is 31.9 Å². The number of aryl methyl sites for hydroxylation is 1. The van der Waals surface area contributed by atoms with E-state index in [4.69, 9.17) is 16.7 Å². The van der Waals surface area contributed by atoms with E-state index in [1.807, 2.05) is 70.4 Å². The van der Waals surface area contributed by atoms with Gasteiger partial charge in [-0.3, -0.25) is 14.5 Å². The predicted molar refractivity (Wildman–Crippen MR) is 165 cm³/mol. The molecule has 206 valence electrons. The highest BCUT2D eigenvalue weighted by Crippen LogP contribution is 2.49. The maximum atomic E-state index is 13.9. The van der Waals surface area contributed by atoms with E-state index >= 15 is 0 Å². The van der Waals surface area contributed by atoms with Crippen molar-refractivity contribution in [3.05, 3.63) is 87.8 Å². The Balaban J connectivity index is 1.54. The van der Waals surface area contributed by atoms with E-state index in [1.54, 1.807) is 28.0 Å². The summed E-state index contributed by atoms with van der Waals surface area (Å²) < 4.78 is 1.86. The quantitative estimate of drug-likeness (QED) is 0.251. The van der Waals surface area contributed by atoms with Crippen molar-refractivity contribution in [3.8, 4) is 16.3 Å². The van der Waals surface area contributed by atoms with Gasteiger partial charge in [0.2, 0.25) is 11.8 Å². The maximum Gasteiger partial charge on any atom is 0.242 e. The lowest BCUT2D eigenvalue weighted by atomic mass is 9.99. The fourth-order valence-corrected chi connectivity index (χ4v) is 7.52. The molecule has 2 aromatic carbocycles. The Bertz CT molecular complexity index is 1530. The van der Waals surface area contributed by atoms with Crippen molar-refractivity contribution in [1.29, 1.82) is 0 Å². The first-order chi connectivity index (χ1) is 19.4. The number of anilines is 1. The molecule has 1 atom stereocenters. The minimum atomic E-state index is -0.190. The fourth-order valence-electron chi connectivity index (χ4n) is 5.41. The number of likely N-dealkylation sites (tertiary alicyclic amines) is 1. The molecular weight excluding hydrogens is 560 g/mol. The van der Waals surface area contributed by atoms with Crippen molar-refractivity contribution in [2.75, 3.05) is 30.3 Å². The molecule has 0 N–H and O–H groups in total. The van der Waals surface area contributed by atoms with Crippen LogP contribution in [0.4, 0.5) is 5.82 Å². The molecule has 9 heteroatoms. The number of hydrogen-bond donors (Lipinski definition) is 0. The van der Waals surface area contributed by atoms with Gasteiger partial charge in [0.1, 0.15) is 18.1 Å². The first-order valence-electron chi connectivity index (χ1n) is 13.6. The van der Waals surface area contributed by atoms with Crippen LogP contribution >= 0.6 is 34.7 Å². The molecule has 0 radical (unpaired) electrons. The molecule has 0 saturated carbocycles. The van der Waals surface area contributed by atoms with Gasteiger partial charge in [-0.25, -0.2) is 4.68 Å². The smallest absolute Gasteiger partial charge is 0.242 e. The average molecular weight is 591 g/mol. The number of carbonyl (C=O) groups excluding carboxylic acids is 2. The minimum Gasteiger partial charge on any atom is -0.341 e. The zero-order valence-corrected chi connectivity index (χ0v) is 24.9. The highest BCUT2D eigenvalue weighted by Gasteiger charge is 2.38. The van der Waals surface area contributed by atoms with Crippen LogP contribution in [0.25, 0.3) is 16.3 Å². The van der Waals surface area contributed by atoms with E-state index in [1.165, 1.54) is 0 Å². The van der Waals surface area contributed by atoms with Crippen molar-refractivity contribution < 1.29 is 9.59 Å². The molecule has 1 saturated heterocycles. The number of halogens is 1. The average Bonchev–Trinajstić information content (AvgIpc) is 3.59. The van der Waals surface area contributed by atoms with E-state index in [0.717, 1.165) is 58.9 Å². The number of fused-ring (bicyclic) bond motifs is 1. The van der Waals surface area contributed by atoms with Crippen molar-refractivity contribution >= 4 is 52.3 Å². The van der Waals surface area contributed by atoms with E-state index in [0.29, 0.717) is 16.8 Å². The molecule has 1 fully saturated rings. The molecule has 2 aliphatic heterocycles. The number of piperidine rings is 1. The third kappa shape index (κ3) is 5.32. The van der Waals surface area contributed by atoms with Gasteiger partial charge in [-0.2, -0.15) is 5.10 Å². The number of thiophene rings is 1. The first-order valence-corrected chi connectivity index (χ1v) is 15.9. The molecule has 2 aromatic heterocycles. The third-order valence-electron chi connectivity index (χ3n) is 7.70. The summed E-state index contributed by atoms with van der Waals surface area (Å²) in [5, 5.41) is 7.64. The molecule has 6 nitrogen and oxygen atoms in total. The lowest BCUT2D eigenvalue weighted by molar-refractivity contribution is -0.132. The SMILES string of the molecule is Cc1ccc(-n2nc(-c3cccs3)c3c2N(CC(=O)N2CCC(C)CC2)C(=O)CSC3c2cccc(Cl)c2)cc1. The van der Waals surface area contributed by atoms with Gasteiger partial charge in [-0.15, -0.1) is 23.1 Å². The Hall–Kier alpha value is -3.07. The number of hydrogen-bond acceptors (Lipinski definition) is 5. The van der Waals surface area contributed by atoms with E-state index < -0.39 is 0 Å². The van der Waals surface area contributed by atoms with Gasteiger partial charge in [-0.05, 0) is 67.0 Å². The van der Waals surface area contributed by atoms with Gasteiger partial charge in [0.05, 0.1) is 21.6 Å². The van der Waals surface area contributed by atoms with Crippen LogP contribution in [0.3, 0.4) is 0 Å². The second-order valence-corrected chi connectivity index (χ2v) is 13.1. The summed E-state index contributed by atoms with van der Waals surface area (Å²) >= 11 is 9.63. The minimum absolute atomic E-state index is 0.00945. The van der Waals surface area contributed by atoms with Crippen molar-refractivity contribution in [2.24, 2.45) is 5.92 Å². The Morgan fingerprint density at radius 1 is 1.07 bits per heavy atom. The van der Waals surface area contributed by atoms with Crippen molar-refractivity contribution in [1.82, 2.24) is 14.7 Å². The van der Waals surface area contributed by atoms with Gasteiger partial charge in [-0.1, -0.05) is 54.4 Å². The predicted octanol–water partition coefficient (Wildman–Crippen LogP) is 6.99. The number of thioether (sulfide) groups is 1. The highest BCUT2D eigenvalue weighted by atomic mass is 35.5. The zero-order valence-electron chi connectivity index (χ0n) is 22.5. The number of benzene rings is 2. The summed E-state index contributed by atoms with van der Waals surface area (Å²) in [6.45, 7) is 5.72. The second kappa shape index (κ2) is 11.4. The first kappa shape index (κ1) is 27.1. The van der Waals surface area contributed by atoms with E-state index in [9.17, 15) is 9.59 Å². The van der Waals surface area contributed by atoms with Crippen LogP contribution in [0.5, 0.6) is 0 Å². The number of nitrogens with zero attached hydrogens (tertiary/aromatic N) is 4. The number of carbonyl (C=O) groups is 2. The molecule has 0 aliphatic carbocycles. The lowest BCUT2D eigenvalue weighted by Crippen LogP contribution is -2.46. The molecular formula is C31H31ClN4O2S2. The molecule has 0 spiro atoms. The topological polar surface area (TPSA) is 58.4 Å². The Morgan fingerprint density at radius 2 is 1.85 bits per heavy atom. The largest absolute Gasteiger partial charge is 0.341 e. The van der Waals surface area contributed by atoms with Crippen LogP contribution in [0.15, 0.2) is 66.0 Å². The molecule has 2 amide bonds. The van der Waals surface area contributed by atoms with Crippen LogP contribution in [0, 0.1) is 12.8 Å². The van der Waals surface area contributed by atoms with Crippen molar-refractivity contribution in [3.63, 3.8) is 0 Å². The molecule has 4 aromatic rings. The Labute approximate surface area is 247 Å². The molecule has 40 heavy (non-hydrogen) atoms. The third-order valence-corrected chi connectivity index (χ3v) is 10.1. The van der Waals surface area contributed by atoms with Gasteiger partial charge >= 0.3 is 0 Å². The molecule has 1 unspecified atom stereocenters. The standard InChI is InChI=1S/C31H31ClN4O2S2/c1-20-8-10-24(11-9-20)36-31-28(29(33-36)25-7-4-16-39-25)30(22-5-3-6-23(32)17-22)40-19-27(38)35(31)18-26(37)34-14-12-21(2)13-15-34/h3-11,16-17,21,30H,12-15,18-19H2,1-2H3. The molecule has 0 bridgehead atoms. The molecule has 6 rings (SSSR count). The monoisotopic (exact) mass is 590 g/mol. The number of rotatable bonds is 5. The Kier molecular flexibility index (Phi) is 7.75. The lowest BCUT2D eigenvalue weighted by Gasteiger charge is -2.32. The van der Waals surface area contributed by atoms with Crippen LogP contribution in [-0.4, -0.2) is 51.9 Å². The van der Waals surface area contributed by atoms with E-state index in [-0.39, 0.29) is 29.4 Å². The normalized spacial score (nSPS) is 18.1. The molecule has 4 heterocycles. The summed E-state index contributed by atoms with van der Waals surface area (Å²) in [7, 11) is 0.